The van der Waals surface area contributed by atoms with Gasteiger partial charge in [-0.05, 0) is 30.2 Å². The molecule has 26 heavy (non-hydrogen) atoms. The van der Waals surface area contributed by atoms with Gasteiger partial charge in [0.05, 0.1) is 19.1 Å². The summed E-state index contributed by atoms with van der Waals surface area (Å²) in [6.07, 6.45) is 0.339. The zero-order valence-electron chi connectivity index (χ0n) is 15.7. The van der Waals surface area contributed by atoms with Gasteiger partial charge in [-0.15, -0.1) is 0 Å². The number of hydrogen-bond acceptors (Lipinski definition) is 3. The van der Waals surface area contributed by atoms with Gasteiger partial charge in [0.1, 0.15) is 13.6 Å². The Morgan fingerprint density at radius 2 is 1.92 bits per heavy atom. The third-order valence-electron chi connectivity index (χ3n) is 5.18. The van der Waals surface area contributed by atoms with E-state index in [4.69, 9.17) is 10.1 Å². The lowest BCUT2D eigenvalue weighted by Crippen LogP contribution is -2.60. The van der Waals surface area contributed by atoms with Crippen LogP contribution in [-0.4, -0.2) is 43.7 Å². The largest absolute Gasteiger partial charge is 0.497 e. The van der Waals surface area contributed by atoms with Crippen molar-refractivity contribution in [2.75, 3.05) is 14.2 Å². The highest BCUT2D eigenvalue weighted by molar-refractivity contribution is 6.32. The summed E-state index contributed by atoms with van der Waals surface area (Å²) in [5.41, 5.74) is 2.70. The minimum absolute atomic E-state index is 0.0370. The first kappa shape index (κ1) is 18.0. The van der Waals surface area contributed by atoms with Gasteiger partial charge in [-0.1, -0.05) is 41.9 Å². The first-order valence-corrected chi connectivity index (χ1v) is 8.68. The van der Waals surface area contributed by atoms with Crippen molar-refractivity contribution in [2.24, 2.45) is 0 Å². The van der Waals surface area contributed by atoms with Crippen LogP contribution in [0.2, 0.25) is 0 Å². The van der Waals surface area contributed by atoms with Crippen LogP contribution < -0.4 is 10.2 Å². The fourth-order valence-electron chi connectivity index (χ4n) is 3.44. The van der Waals surface area contributed by atoms with Gasteiger partial charge >= 0.3 is 0 Å². The van der Waals surface area contributed by atoms with Gasteiger partial charge < -0.3 is 9.64 Å². The van der Waals surface area contributed by atoms with E-state index in [1.165, 1.54) is 4.90 Å². The lowest BCUT2D eigenvalue weighted by atomic mass is 9.81. The molecular formula is C20H24BN3O2. The van der Waals surface area contributed by atoms with Crippen LogP contribution in [0.5, 0.6) is 5.75 Å². The summed E-state index contributed by atoms with van der Waals surface area (Å²) in [5.74, 6) is 0.988. The molecule has 1 aliphatic heterocycles. The summed E-state index contributed by atoms with van der Waals surface area (Å²) in [5, 5.41) is 8.58. The highest BCUT2D eigenvalue weighted by Gasteiger charge is 2.44. The number of carbonyl (C=O) groups is 1. The Balaban J connectivity index is 2.01. The average molecular weight is 349 g/mol. The van der Waals surface area contributed by atoms with Crippen LogP contribution in [0.15, 0.2) is 48.5 Å². The van der Waals surface area contributed by atoms with Crippen LogP contribution >= 0.6 is 0 Å². The van der Waals surface area contributed by atoms with Crippen LogP contribution in [0, 0.1) is 5.41 Å². The van der Waals surface area contributed by atoms with E-state index in [0.717, 1.165) is 22.3 Å². The van der Waals surface area contributed by atoms with Crippen molar-refractivity contribution in [3.05, 3.63) is 59.7 Å². The minimum atomic E-state index is -0.563. The molecule has 1 amide bonds. The molecule has 0 spiro atoms. The number of hydrogen-bond donors (Lipinski definition) is 1. The van der Waals surface area contributed by atoms with Crippen molar-refractivity contribution in [3.8, 4) is 5.75 Å². The van der Waals surface area contributed by atoms with Gasteiger partial charge in [0.15, 0.2) is 0 Å². The first-order valence-electron chi connectivity index (χ1n) is 8.68. The zero-order chi connectivity index (χ0) is 18.9. The van der Waals surface area contributed by atoms with Gasteiger partial charge in [0, 0.05) is 13.6 Å². The Labute approximate surface area is 155 Å². The zero-order valence-corrected chi connectivity index (χ0v) is 15.7. The number of benzene rings is 2. The summed E-state index contributed by atoms with van der Waals surface area (Å²) >= 11 is 0. The van der Waals surface area contributed by atoms with Gasteiger partial charge in [-0.25, -0.2) is 0 Å². The Hall–Kier alpha value is -2.76. The van der Waals surface area contributed by atoms with Crippen LogP contribution in [-0.2, 0) is 16.9 Å². The Kier molecular flexibility index (Phi) is 4.76. The van der Waals surface area contributed by atoms with E-state index in [1.807, 2.05) is 62.1 Å². The number of nitrogens with zero attached hydrogens (tertiary/aromatic N) is 2. The standard InChI is InChI=1S/C20H24BN3O2/c1-20(15-5-4-6-16(21)11-15)12-18(25)23(2)19(22)24(20)13-14-7-9-17(26-3)10-8-14/h4-11,22H,12-13,21H2,1-3H3. The Morgan fingerprint density at radius 3 is 2.54 bits per heavy atom. The highest BCUT2D eigenvalue weighted by Crippen LogP contribution is 2.37. The van der Waals surface area contributed by atoms with Crippen molar-refractivity contribution in [3.63, 3.8) is 0 Å². The maximum atomic E-state index is 12.5. The molecule has 0 bridgehead atoms. The van der Waals surface area contributed by atoms with E-state index in [-0.39, 0.29) is 11.9 Å². The molecule has 1 fully saturated rings. The second kappa shape index (κ2) is 6.86. The summed E-state index contributed by atoms with van der Waals surface area (Å²) in [6, 6.07) is 16.0. The normalized spacial score (nSPS) is 20.4. The maximum absolute atomic E-state index is 12.5. The summed E-state index contributed by atoms with van der Waals surface area (Å²) in [6.45, 7) is 2.59. The molecule has 1 N–H and O–H groups in total. The van der Waals surface area contributed by atoms with Crippen molar-refractivity contribution in [2.45, 2.75) is 25.4 Å². The Bertz CT molecular complexity index is 837. The molecule has 5 nitrogen and oxygen atoms in total. The lowest BCUT2D eigenvalue weighted by molar-refractivity contribution is -0.132. The molecule has 1 atom stereocenters. The molecule has 1 heterocycles. The molecule has 1 saturated heterocycles. The summed E-state index contributed by atoms with van der Waals surface area (Å²) < 4.78 is 5.23. The van der Waals surface area contributed by atoms with Crippen molar-refractivity contribution in [1.82, 2.24) is 9.80 Å². The maximum Gasteiger partial charge on any atom is 0.231 e. The Morgan fingerprint density at radius 1 is 1.23 bits per heavy atom. The minimum Gasteiger partial charge on any atom is -0.497 e. The first-order chi connectivity index (χ1) is 12.3. The summed E-state index contributed by atoms with van der Waals surface area (Å²) in [4.78, 5) is 15.9. The molecule has 3 rings (SSSR count). The van der Waals surface area contributed by atoms with Crippen molar-refractivity contribution < 1.29 is 9.53 Å². The fourth-order valence-corrected chi connectivity index (χ4v) is 3.44. The monoisotopic (exact) mass is 349 g/mol. The molecule has 6 heteroatoms. The lowest BCUT2D eigenvalue weighted by Gasteiger charge is -2.49. The fraction of sp³-hybridized carbons (Fsp3) is 0.300. The molecule has 1 aliphatic rings. The van der Waals surface area contributed by atoms with E-state index in [9.17, 15) is 4.79 Å². The molecule has 0 aliphatic carbocycles. The number of guanidine groups is 1. The number of carbonyl (C=O) groups excluding carboxylic acids is 1. The van der Waals surface area contributed by atoms with Crippen LogP contribution in [0.3, 0.4) is 0 Å². The molecule has 2 aromatic carbocycles. The smallest absolute Gasteiger partial charge is 0.231 e. The predicted molar refractivity (Wildman–Crippen MR) is 106 cm³/mol. The van der Waals surface area contributed by atoms with Gasteiger partial charge in [-0.3, -0.25) is 15.1 Å². The van der Waals surface area contributed by atoms with E-state index >= 15 is 0 Å². The van der Waals surface area contributed by atoms with Crippen molar-refractivity contribution >= 4 is 25.2 Å². The second-order valence-corrected chi connectivity index (χ2v) is 7.03. The molecule has 2 aromatic rings. The molecule has 0 saturated carbocycles. The number of ether oxygens (including phenoxy) is 1. The molecule has 0 aromatic heterocycles. The van der Waals surface area contributed by atoms with E-state index in [1.54, 1.807) is 14.2 Å². The number of amides is 1. The van der Waals surface area contributed by atoms with Gasteiger partial charge in [-0.2, -0.15) is 0 Å². The second-order valence-electron chi connectivity index (χ2n) is 7.03. The highest BCUT2D eigenvalue weighted by atomic mass is 16.5. The van der Waals surface area contributed by atoms with E-state index in [2.05, 4.69) is 6.07 Å². The third kappa shape index (κ3) is 3.19. The van der Waals surface area contributed by atoms with Crippen molar-refractivity contribution in [1.29, 1.82) is 5.41 Å². The topological polar surface area (TPSA) is 56.6 Å². The van der Waals surface area contributed by atoms with Gasteiger partial charge in [0.25, 0.3) is 0 Å². The number of nitrogens with one attached hydrogen (secondary N) is 1. The number of methoxy groups -OCH3 is 1. The predicted octanol–water partition coefficient (Wildman–Crippen LogP) is 1.47. The van der Waals surface area contributed by atoms with Crippen LogP contribution in [0.1, 0.15) is 24.5 Å². The third-order valence-corrected chi connectivity index (χ3v) is 5.18. The molecule has 134 valence electrons. The quantitative estimate of drug-likeness (QED) is 0.851. The number of rotatable bonds is 4. The SMILES string of the molecule is Bc1cccc(C2(C)CC(=O)N(C)C(=N)N2Cc2ccc(OC)cc2)c1. The molecule has 0 radical (unpaired) electrons. The van der Waals surface area contributed by atoms with Gasteiger partial charge in [0.2, 0.25) is 11.9 Å². The average Bonchev–Trinajstić information content (AvgIpc) is 2.64. The van der Waals surface area contributed by atoms with E-state index < -0.39 is 5.54 Å². The molecule has 1 unspecified atom stereocenters. The summed E-state index contributed by atoms with van der Waals surface area (Å²) in [7, 11) is 5.36. The van der Waals surface area contributed by atoms with Crippen LogP contribution in [0.25, 0.3) is 0 Å². The molecular weight excluding hydrogens is 325 g/mol. The van der Waals surface area contributed by atoms with Crippen LogP contribution in [0.4, 0.5) is 0 Å². The van der Waals surface area contributed by atoms with E-state index in [0.29, 0.717) is 13.0 Å².